The van der Waals surface area contributed by atoms with Crippen LogP contribution < -0.4 is 9.47 Å². The van der Waals surface area contributed by atoms with Gasteiger partial charge in [0.1, 0.15) is 17.3 Å². The lowest BCUT2D eigenvalue weighted by atomic mass is 10.1. The van der Waals surface area contributed by atoms with E-state index in [-0.39, 0.29) is 0 Å². The van der Waals surface area contributed by atoms with E-state index in [1.165, 1.54) is 11.1 Å². The third kappa shape index (κ3) is 4.80. The van der Waals surface area contributed by atoms with Crippen molar-refractivity contribution in [1.82, 2.24) is 9.55 Å². The van der Waals surface area contributed by atoms with Crippen molar-refractivity contribution in [3.05, 3.63) is 89.2 Å². The van der Waals surface area contributed by atoms with Crippen molar-refractivity contribution in [2.24, 2.45) is 0 Å². The lowest BCUT2D eigenvalue weighted by Crippen LogP contribution is -2.06. The molecule has 4 aromatic rings. The second-order valence-corrected chi connectivity index (χ2v) is 7.62. The predicted molar refractivity (Wildman–Crippen MR) is 128 cm³/mol. The number of imidazole rings is 1. The van der Waals surface area contributed by atoms with Gasteiger partial charge in [-0.15, -0.1) is 0 Å². The van der Waals surface area contributed by atoms with Crippen LogP contribution >= 0.6 is 0 Å². The number of nitrogens with zero attached hydrogens (tertiary/aromatic N) is 2. The zero-order valence-corrected chi connectivity index (χ0v) is 18.3. The Bertz CT molecular complexity index is 1190. The third-order valence-corrected chi connectivity index (χ3v) is 5.56. The van der Waals surface area contributed by atoms with Gasteiger partial charge in [-0.1, -0.05) is 42.5 Å². The van der Waals surface area contributed by atoms with Gasteiger partial charge in [0.25, 0.3) is 0 Å². The minimum Gasteiger partial charge on any atom is -0.497 e. The highest BCUT2D eigenvalue weighted by Crippen LogP contribution is 2.22. The van der Waals surface area contributed by atoms with Crippen LogP contribution in [0.3, 0.4) is 0 Å². The Balaban J connectivity index is 1.49. The normalized spacial score (nSPS) is 11.3. The molecule has 4 rings (SSSR count). The Morgan fingerprint density at radius 3 is 2.52 bits per heavy atom. The fourth-order valence-electron chi connectivity index (χ4n) is 3.63. The van der Waals surface area contributed by atoms with Crippen LogP contribution in [0.1, 0.15) is 28.9 Å². The van der Waals surface area contributed by atoms with Crippen LogP contribution in [0, 0.1) is 13.8 Å². The molecule has 0 saturated carbocycles. The quantitative estimate of drug-likeness (QED) is 0.319. The molecule has 31 heavy (non-hydrogen) atoms. The van der Waals surface area contributed by atoms with Gasteiger partial charge in [-0.3, -0.25) is 0 Å². The Morgan fingerprint density at radius 2 is 1.71 bits per heavy atom. The molecule has 0 aliphatic heterocycles. The second-order valence-electron chi connectivity index (χ2n) is 7.62. The number of hydrogen-bond donors (Lipinski definition) is 0. The number of para-hydroxylation sites is 2. The maximum atomic E-state index is 6.06. The molecule has 0 bridgehead atoms. The van der Waals surface area contributed by atoms with E-state index in [0.29, 0.717) is 6.61 Å². The highest BCUT2D eigenvalue weighted by molar-refractivity contribution is 5.79. The van der Waals surface area contributed by atoms with Crippen LogP contribution in [-0.2, 0) is 6.54 Å². The third-order valence-electron chi connectivity index (χ3n) is 5.56. The summed E-state index contributed by atoms with van der Waals surface area (Å²) in [6.45, 7) is 5.73. The van der Waals surface area contributed by atoms with Gasteiger partial charge in [-0.25, -0.2) is 4.98 Å². The van der Waals surface area contributed by atoms with Crippen molar-refractivity contribution in [3.8, 4) is 11.5 Å². The average Bonchev–Trinajstić information content (AvgIpc) is 3.15. The molecule has 0 fully saturated rings. The molecule has 0 unspecified atom stereocenters. The van der Waals surface area contributed by atoms with Gasteiger partial charge in [-0.2, -0.15) is 0 Å². The van der Waals surface area contributed by atoms with Crippen LogP contribution in [0.25, 0.3) is 23.2 Å². The molecule has 3 aromatic carbocycles. The maximum Gasteiger partial charge on any atom is 0.133 e. The lowest BCUT2D eigenvalue weighted by Gasteiger charge is -2.12. The largest absolute Gasteiger partial charge is 0.497 e. The summed E-state index contributed by atoms with van der Waals surface area (Å²) >= 11 is 0. The molecule has 158 valence electrons. The van der Waals surface area contributed by atoms with Crippen LogP contribution in [0.2, 0.25) is 0 Å². The van der Waals surface area contributed by atoms with Crippen LogP contribution in [0.4, 0.5) is 0 Å². The standard InChI is InChI=1S/C27H28N2O2/c1-20-8-6-11-26(21(20)2)31-19-7-18-29-25-10-5-4-9-24(25)28-27(29)17-14-22-12-15-23(30-3)16-13-22/h4-6,8-17H,7,18-19H2,1-3H3/b17-14+. The summed E-state index contributed by atoms with van der Waals surface area (Å²) in [5.74, 6) is 2.77. The second kappa shape index (κ2) is 9.52. The van der Waals surface area contributed by atoms with Crippen molar-refractivity contribution in [2.45, 2.75) is 26.8 Å². The van der Waals surface area contributed by atoms with Crippen molar-refractivity contribution < 1.29 is 9.47 Å². The van der Waals surface area contributed by atoms with Crippen molar-refractivity contribution in [3.63, 3.8) is 0 Å². The first-order valence-electron chi connectivity index (χ1n) is 10.6. The van der Waals surface area contributed by atoms with E-state index in [0.717, 1.165) is 46.9 Å². The van der Waals surface area contributed by atoms with Crippen molar-refractivity contribution in [2.75, 3.05) is 13.7 Å². The average molecular weight is 413 g/mol. The molecular formula is C27H28N2O2. The van der Waals surface area contributed by atoms with E-state index < -0.39 is 0 Å². The molecule has 0 N–H and O–H groups in total. The Labute approximate surface area is 183 Å². The van der Waals surface area contributed by atoms with E-state index in [9.17, 15) is 0 Å². The SMILES string of the molecule is COc1ccc(/C=C/c2nc3ccccc3n2CCCOc2cccc(C)c2C)cc1. The summed E-state index contributed by atoms with van der Waals surface area (Å²) in [6, 6.07) is 22.5. The molecule has 0 aliphatic carbocycles. The number of hydrogen-bond acceptors (Lipinski definition) is 3. The highest BCUT2D eigenvalue weighted by Gasteiger charge is 2.08. The Hall–Kier alpha value is -3.53. The first-order chi connectivity index (χ1) is 15.2. The predicted octanol–water partition coefficient (Wildman–Crippen LogP) is 6.30. The fraction of sp³-hybridized carbons (Fsp3) is 0.222. The zero-order chi connectivity index (χ0) is 21.6. The Morgan fingerprint density at radius 1 is 0.903 bits per heavy atom. The topological polar surface area (TPSA) is 36.3 Å². The van der Waals surface area contributed by atoms with Gasteiger partial charge in [0.05, 0.1) is 24.8 Å². The van der Waals surface area contributed by atoms with Gasteiger partial charge in [0.15, 0.2) is 0 Å². The summed E-state index contributed by atoms with van der Waals surface area (Å²) in [6.07, 6.45) is 5.06. The van der Waals surface area contributed by atoms with Gasteiger partial charge in [0.2, 0.25) is 0 Å². The molecular weight excluding hydrogens is 384 g/mol. The minimum absolute atomic E-state index is 0.665. The number of rotatable bonds is 8. The van der Waals surface area contributed by atoms with Gasteiger partial charge in [-0.05, 0) is 73.4 Å². The van der Waals surface area contributed by atoms with E-state index in [4.69, 9.17) is 14.5 Å². The zero-order valence-electron chi connectivity index (χ0n) is 18.3. The smallest absolute Gasteiger partial charge is 0.133 e. The van der Waals surface area contributed by atoms with E-state index >= 15 is 0 Å². The summed E-state index contributed by atoms with van der Waals surface area (Å²) in [5.41, 5.74) is 5.72. The lowest BCUT2D eigenvalue weighted by molar-refractivity contribution is 0.300. The summed E-state index contributed by atoms with van der Waals surface area (Å²) in [7, 11) is 1.68. The monoisotopic (exact) mass is 412 g/mol. The number of benzene rings is 3. The number of methoxy groups -OCH3 is 1. The van der Waals surface area contributed by atoms with Crippen LogP contribution in [0.5, 0.6) is 11.5 Å². The maximum absolute atomic E-state index is 6.06. The molecule has 0 aliphatic rings. The van der Waals surface area contributed by atoms with Crippen molar-refractivity contribution >= 4 is 23.2 Å². The Kier molecular flexibility index (Phi) is 6.37. The molecule has 0 atom stereocenters. The summed E-state index contributed by atoms with van der Waals surface area (Å²) < 4.78 is 13.6. The number of aromatic nitrogens is 2. The van der Waals surface area contributed by atoms with E-state index in [2.05, 4.69) is 54.8 Å². The first kappa shape index (κ1) is 20.7. The number of aryl methyl sites for hydroxylation is 2. The van der Waals surface area contributed by atoms with Gasteiger partial charge >= 0.3 is 0 Å². The molecule has 4 heteroatoms. The molecule has 4 nitrogen and oxygen atoms in total. The van der Waals surface area contributed by atoms with Gasteiger partial charge < -0.3 is 14.0 Å². The summed E-state index contributed by atoms with van der Waals surface area (Å²) in [5, 5.41) is 0. The van der Waals surface area contributed by atoms with Crippen LogP contribution in [0.15, 0.2) is 66.7 Å². The van der Waals surface area contributed by atoms with Crippen molar-refractivity contribution in [1.29, 1.82) is 0 Å². The van der Waals surface area contributed by atoms with E-state index in [1.54, 1.807) is 7.11 Å². The molecule has 0 spiro atoms. The highest BCUT2D eigenvalue weighted by atomic mass is 16.5. The molecule has 1 heterocycles. The van der Waals surface area contributed by atoms with Crippen LogP contribution in [-0.4, -0.2) is 23.3 Å². The first-order valence-corrected chi connectivity index (χ1v) is 10.6. The number of fused-ring (bicyclic) bond motifs is 1. The summed E-state index contributed by atoms with van der Waals surface area (Å²) in [4.78, 5) is 4.83. The van der Waals surface area contributed by atoms with E-state index in [1.807, 2.05) is 42.5 Å². The minimum atomic E-state index is 0.665. The number of ether oxygens (including phenoxy) is 2. The fourth-order valence-corrected chi connectivity index (χ4v) is 3.63. The molecule has 0 amide bonds. The molecule has 0 saturated heterocycles. The molecule has 1 aromatic heterocycles. The molecule has 0 radical (unpaired) electrons. The van der Waals surface area contributed by atoms with Gasteiger partial charge in [0, 0.05) is 6.54 Å².